The molecule has 1 atom stereocenters. The van der Waals surface area contributed by atoms with Crippen LogP contribution in [0.5, 0.6) is 0 Å². The van der Waals surface area contributed by atoms with Crippen molar-refractivity contribution in [2.45, 2.75) is 13.0 Å². The van der Waals surface area contributed by atoms with E-state index in [9.17, 15) is 0 Å². The summed E-state index contributed by atoms with van der Waals surface area (Å²) in [6, 6.07) is 23.2. The Morgan fingerprint density at radius 2 is 1.79 bits per heavy atom. The van der Waals surface area contributed by atoms with Crippen molar-refractivity contribution < 1.29 is 0 Å². The first-order valence-corrected chi connectivity index (χ1v) is 8.11. The van der Waals surface area contributed by atoms with E-state index < -0.39 is 0 Å². The number of aryl methyl sites for hydroxylation is 1. The number of rotatable bonds is 4. The third-order valence-electron chi connectivity index (χ3n) is 4.33. The molecule has 4 rings (SSSR count). The minimum absolute atomic E-state index is 0.0547. The van der Waals surface area contributed by atoms with Gasteiger partial charge in [0.1, 0.15) is 5.82 Å². The minimum atomic E-state index is 0.0547. The lowest BCUT2D eigenvalue weighted by molar-refractivity contribution is 0.925. The highest BCUT2D eigenvalue weighted by atomic mass is 15.0. The summed E-state index contributed by atoms with van der Waals surface area (Å²) in [5, 5.41) is 4.83. The topological polar surface area (TPSA) is 40.7 Å². The Labute approximate surface area is 141 Å². The van der Waals surface area contributed by atoms with Crippen LogP contribution in [0.25, 0.3) is 10.9 Å². The largest absolute Gasteiger partial charge is 0.361 e. The fourth-order valence-electron chi connectivity index (χ4n) is 3.03. The van der Waals surface area contributed by atoms with Crippen molar-refractivity contribution in [1.29, 1.82) is 0 Å². The van der Waals surface area contributed by atoms with E-state index in [2.05, 4.69) is 76.8 Å². The van der Waals surface area contributed by atoms with Gasteiger partial charge in [-0.15, -0.1) is 0 Å². The van der Waals surface area contributed by atoms with Crippen LogP contribution in [-0.4, -0.2) is 9.97 Å². The Balaban J connectivity index is 1.79. The minimum Gasteiger partial charge on any atom is -0.361 e. The molecule has 0 radical (unpaired) electrons. The number of anilines is 1. The van der Waals surface area contributed by atoms with E-state index in [4.69, 9.17) is 0 Å². The summed E-state index contributed by atoms with van der Waals surface area (Å²) in [6.07, 6.45) is 3.80. The molecule has 0 saturated carbocycles. The molecule has 2 heterocycles. The first-order valence-electron chi connectivity index (χ1n) is 8.11. The Hall–Kier alpha value is -3.07. The maximum atomic E-state index is 4.50. The first-order chi connectivity index (χ1) is 11.8. The monoisotopic (exact) mass is 313 g/mol. The van der Waals surface area contributed by atoms with Gasteiger partial charge in [0.2, 0.25) is 0 Å². The zero-order valence-electron chi connectivity index (χ0n) is 13.5. The van der Waals surface area contributed by atoms with Gasteiger partial charge in [0.15, 0.2) is 0 Å². The zero-order chi connectivity index (χ0) is 16.4. The van der Waals surface area contributed by atoms with Gasteiger partial charge in [-0.3, -0.25) is 0 Å². The Bertz CT molecular complexity index is 957. The number of H-pyrrole nitrogens is 1. The molecule has 0 amide bonds. The summed E-state index contributed by atoms with van der Waals surface area (Å²) in [5.41, 5.74) is 4.73. The average Bonchev–Trinajstić information content (AvgIpc) is 3.09. The lowest BCUT2D eigenvalue weighted by Gasteiger charge is -2.21. The van der Waals surface area contributed by atoms with Crippen LogP contribution in [0.1, 0.15) is 22.7 Å². The van der Waals surface area contributed by atoms with Crippen LogP contribution in [0.15, 0.2) is 79.1 Å². The molecule has 24 heavy (non-hydrogen) atoms. The smallest absolute Gasteiger partial charge is 0.129 e. The molecule has 0 fully saturated rings. The van der Waals surface area contributed by atoms with Crippen molar-refractivity contribution in [2.75, 3.05) is 5.32 Å². The fraction of sp³-hybridized carbons (Fsp3) is 0.0952. The molecular weight excluding hydrogens is 294 g/mol. The summed E-state index contributed by atoms with van der Waals surface area (Å²) in [4.78, 5) is 7.76. The molecular formula is C21H19N3. The number of hydrogen-bond acceptors (Lipinski definition) is 2. The van der Waals surface area contributed by atoms with Crippen molar-refractivity contribution in [3.63, 3.8) is 0 Å². The summed E-state index contributed by atoms with van der Waals surface area (Å²) >= 11 is 0. The highest BCUT2D eigenvalue weighted by molar-refractivity contribution is 5.80. The van der Waals surface area contributed by atoms with Gasteiger partial charge in [-0.2, -0.15) is 0 Å². The van der Waals surface area contributed by atoms with Gasteiger partial charge in [0.05, 0.1) is 6.04 Å². The molecule has 0 aliphatic rings. The number of benzene rings is 2. The zero-order valence-corrected chi connectivity index (χ0v) is 13.5. The summed E-state index contributed by atoms with van der Waals surface area (Å²) < 4.78 is 0. The van der Waals surface area contributed by atoms with Crippen molar-refractivity contribution in [3.05, 3.63) is 95.8 Å². The number of nitrogens with zero attached hydrogens (tertiary/aromatic N) is 1. The maximum Gasteiger partial charge on any atom is 0.129 e. The van der Waals surface area contributed by atoms with Crippen LogP contribution < -0.4 is 5.32 Å². The second-order valence-electron chi connectivity index (χ2n) is 5.98. The standard InChI is InChI=1S/C21H19N3/c1-15-6-5-12-23-21(15)24-20(16-7-3-2-4-8-16)18-9-10-19-17(14-18)11-13-22-19/h2-14,20,22H,1H3,(H,23,24). The highest BCUT2D eigenvalue weighted by Gasteiger charge is 2.16. The van der Waals surface area contributed by atoms with E-state index in [0.717, 1.165) is 16.9 Å². The van der Waals surface area contributed by atoms with Crippen LogP contribution in [-0.2, 0) is 0 Å². The molecule has 0 saturated heterocycles. The number of aromatic amines is 1. The van der Waals surface area contributed by atoms with E-state index >= 15 is 0 Å². The fourth-order valence-corrected chi connectivity index (χ4v) is 3.03. The summed E-state index contributed by atoms with van der Waals surface area (Å²) in [7, 11) is 0. The van der Waals surface area contributed by atoms with Crippen molar-refractivity contribution in [2.24, 2.45) is 0 Å². The van der Waals surface area contributed by atoms with Gasteiger partial charge < -0.3 is 10.3 Å². The van der Waals surface area contributed by atoms with E-state index in [-0.39, 0.29) is 6.04 Å². The third-order valence-corrected chi connectivity index (χ3v) is 4.33. The molecule has 2 N–H and O–H groups in total. The lowest BCUT2D eigenvalue weighted by atomic mass is 9.97. The molecule has 0 aliphatic carbocycles. The van der Waals surface area contributed by atoms with Gasteiger partial charge in [-0.05, 0) is 53.3 Å². The number of hydrogen-bond donors (Lipinski definition) is 2. The molecule has 0 bridgehead atoms. The third kappa shape index (κ3) is 2.76. The van der Waals surface area contributed by atoms with Gasteiger partial charge >= 0.3 is 0 Å². The molecule has 2 aromatic heterocycles. The first kappa shape index (κ1) is 14.5. The second-order valence-corrected chi connectivity index (χ2v) is 5.98. The maximum absolute atomic E-state index is 4.50. The van der Waals surface area contributed by atoms with Crippen LogP contribution in [0, 0.1) is 6.92 Å². The van der Waals surface area contributed by atoms with E-state index in [1.807, 2.05) is 24.5 Å². The average molecular weight is 313 g/mol. The van der Waals surface area contributed by atoms with Crippen molar-refractivity contribution in [1.82, 2.24) is 9.97 Å². The van der Waals surface area contributed by atoms with E-state index in [1.165, 1.54) is 16.5 Å². The summed E-state index contributed by atoms with van der Waals surface area (Å²) in [5.74, 6) is 0.917. The normalized spacial score (nSPS) is 12.2. The second kappa shape index (κ2) is 6.20. The SMILES string of the molecule is Cc1cccnc1NC(c1ccccc1)c1ccc2[nH]ccc2c1. The molecule has 1 unspecified atom stereocenters. The number of pyridine rings is 1. The molecule has 118 valence electrons. The highest BCUT2D eigenvalue weighted by Crippen LogP contribution is 2.29. The Morgan fingerprint density at radius 3 is 2.62 bits per heavy atom. The molecule has 3 nitrogen and oxygen atoms in total. The van der Waals surface area contributed by atoms with Crippen LogP contribution in [0.2, 0.25) is 0 Å². The molecule has 4 aromatic rings. The predicted octanol–water partition coefficient (Wildman–Crippen LogP) is 5.07. The van der Waals surface area contributed by atoms with Crippen LogP contribution >= 0.6 is 0 Å². The van der Waals surface area contributed by atoms with Gasteiger partial charge in [0, 0.05) is 17.9 Å². The number of aromatic nitrogens is 2. The number of fused-ring (bicyclic) bond motifs is 1. The van der Waals surface area contributed by atoms with Gasteiger partial charge in [-0.1, -0.05) is 42.5 Å². The Morgan fingerprint density at radius 1 is 0.917 bits per heavy atom. The molecule has 0 spiro atoms. The van der Waals surface area contributed by atoms with Gasteiger partial charge in [0.25, 0.3) is 0 Å². The van der Waals surface area contributed by atoms with E-state index in [0.29, 0.717) is 0 Å². The van der Waals surface area contributed by atoms with Crippen molar-refractivity contribution in [3.8, 4) is 0 Å². The Kier molecular flexibility index (Phi) is 3.75. The van der Waals surface area contributed by atoms with Gasteiger partial charge in [-0.25, -0.2) is 4.98 Å². The molecule has 2 aromatic carbocycles. The quantitative estimate of drug-likeness (QED) is 0.552. The predicted molar refractivity (Wildman–Crippen MR) is 99.2 cm³/mol. The van der Waals surface area contributed by atoms with Crippen molar-refractivity contribution >= 4 is 16.7 Å². The molecule has 0 aliphatic heterocycles. The van der Waals surface area contributed by atoms with Crippen LogP contribution in [0.4, 0.5) is 5.82 Å². The van der Waals surface area contributed by atoms with Crippen LogP contribution in [0.3, 0.4) is 0 Å². The number of nitrogens with one attached hydrogen (secondary N) is 2. The lowest BCUT2D eigenvalue weighted by Crippen LogP contribution is -2.14. The summed E-state index contributed by atoms with van der Waals surface area (Å²) in [6.45, 7) is 2.08. The van der Waals surface area contributed by atoms with E-state index in [1.54, 1.807) is 0 Å². The molecule has 3 heteroatoms.